The lowest BCUT2D eigenvalue weighted by atomic mass is 10.0. The molecule has 0 saturated carbocycles. The highest BCUT2D eigenvalue weighted by Crippen LogP contribution is 2.38. The van der Waals surface area contributed by atoms with E-state index in [0.29, 0.717) is 16.1 Å². The highest BCUT2D eigenvalue weighted by Gasteiger charge is 2.43. The summed E-state index contributed by atoms with van der Waals surface area (Å²) >= 11 is 3.10. The summed E-state index contributed by atoms with van der Waals surface area (Å²) in [6.07, 6.45) is -4.84. The topological polar surface area (TPSA) is 80.8 Å². The lowest BCUT2D eigenvalue weighted by molar-refractivity contribution is -0.153. The summed E-state index contributed by atoms with van der Waals surface area (Å²) in [5, 5.41) is 6.52. The molecule has 0 bridgehead atoms. The Morgan fingerprint density at radius 3 is 2.52 bits per heavy atom. The molecular weight excluding hydrogens is 379 g/mol. The van der Waals surface area contributed by atoms with Crippen molar-refractivity contribution in [3.05, 3.63) is 53.2 Å². The molecule has 25 heavy (non-hydrogen) atoms. The van der Waals surface area contributed by atoms with E-state index in [4.69, 9.17) is 11.6 Å². The van der Waals surface area contributed by atoms with Crippen molar-refractivity contribution in [2.24, 2.45) is 0 Å². The van der Waals surface area contributed by atoms with E-state index in [0.717, 1.165) is 0 Å². The Morgan fingerprint density at radius 2 is 1.92 bits per heavy atom. The molecule has 3 aromatic rings. The lowest BCUT2D eigenvalue weighted by Crippen LogP contribution is -2.35. The first-order chi connectivity index (χ1) is 11.8. The van der Waals surface area contributed by atoms with Crippen LogP contribution in [0.2, 0.25) is 5.02 Å². The molecule has 2 atom stereocenters. The van der Waals surface area contributed by atoms with Crippen LogP contribution >= 0.6 is 11.6 Å². The van der Waals surface area contributed by atoms with Gasteiger partial charge in [0.1, 0.15) is 0 Å². The van der Waals surface area contributed by atoms with Crippen molar-refractivity contribution in [1.29, 1.82) is 0 Å². The van der Waals surface area contributed by atoms with Crippen LogP contribution in [0.4, 0.5) is 13.2 Å². The summed E-state index contributed by atoms with van der Waals surface area (Å²) < 4.78 is 62.8. The van der Waals surface area contributed by atoms with Crippen LogP contribution in [-0.4, -0.2) is 25.1 Å². The maximum Gasteiger partial charge on any atom is 0.410 e. The number of fused-ring (bicyclic) bond motifs is 1. The van der Waals surface area contributed by atoms with E-state index in [-0.39, 0.29) is 10.9 Å². The third-order valence-electron chi connectivity index (χ3n) is 3.59. The molecule has 2 aromatic carbocycles. The van der Waals surface area contributed by atoms with Gasteiger partial charge in [-0.2, -0.15) is 18.3 Å². The fourth-order valence-electron chi connectivity index (χ4n) is 2.50. The van der Waals surface area contributed by atoms with E-state index in [2.05, 4.69) is 10.2 Å². The first kappa shape index (κ1) is 17.9. The van der Waals surface area contributed by atoms with Gasteiger partial charge in [0.15, 0.2) is 6.04 Å². The van der Waals surface area contributed by atoms with Crippen molar-refractivity contribution in [2.45, 2.75) is 12.2 Å². The number of H-pyrrole nitrogens is 1. The van der Waals surface area contributed by atoms with Gasteiger partial charge >= 0.3 is 6.18 Å². The van der Waals surface area contributed by atoms with Gasteiger partial charge in [0.05, 0.1) is 16.2 Å². The molecule has 10 heteroatoms. The van der Waals surface area contributed by atoms with Crippen molar-refractivity contribution < 1.29 is 21.9 Å². The number of aromatic amines is 1. The zero-order valence-electron chi connectivity index (χ0n) is 12.3. The van der Waals surface area contributed by atoms with Crippen LogP contribution < -0.4 is 4.72 Å². The molecule has 0 saturated heterocycles. The molecule has 0 aliphatic carbocycles. The van der Waals surface area contributed by atoms with Crippen LogP contribution in [0.5, 0.6) is 0 Å². The van der Waals surface area contributed by atoms with Crippen LogP contribution in [0.3, 0.4) is 0 Å². The van der Waals surface area contributed by atoms with Crippen molar-refractivity contribution in [3.63, 3.8) is 0 Å². The summed E-state index contributed by atoms with van der Waals surface area (Å²) in [6.45, 7) is 0. The minimum atomic E-state index is -4.84. The Balaban J connectivity index is 2.18. The van der Waals surface area contributed by atoms with Gasteiger partial charge in [0, 0.05) is 22.2 Å². The molecule has 0 aliphatic heterocycles. The Bertz CT molecular complexity index is 931. The second-order valence-corrected chi connectivity index (χ2v) is 6.29. The quantitative estimate of drug-likeness (QED) is 0.666. The molecule has 1 heterocycles. The van der Waals surface area contributed by atoms with Gasteiger partial charge in [-0.25, -0.2) is 4.72 Å². The molecule has 0 radical (unpaired) electrons. The number of benzene rings is 2. The van der Waals surface area contributed by atoms with Gasteiger partial charge in [-0.1, -0.05) is 41.9 Å². The fraction of sp³-hybridized carbons (Fsp3) is 0.133. The number of rotatable bonds is 4. The zero-order valence-corrected chi connectivity index (χ0v) is 13.9. The van der Waals surface area contributed by atoms with E-state index in [9.17, 15) is 21.9 Å². The third-order valence-corrected chi connectivity index (χ3v) is 4.33. The summed E-state index contributed by atoms with van der Waals surface area (Å²) in [5.41, 5.74) is 1.03. The normalized spacial score (nSPS) is 14.6. The lowest BCUT2D eigenvalue weighted by Gasteiger charge is -2.22. The number of nitrogens with one attached hydrogen (secondary N) is 2. The van der Waals surface area contributed by atoms with E-state index in [1.165, 1.54) is 16.9 Å². The van der Waals surface area contributed by atoms with Gasteiger partial charge < -0.3 is 4.55 Å². The first-order valence-corrected chi connectivity index (χ1v) is 8.37. The van der Waals surface area contributed by atoms with Gasteiger partial charge in [-0.05, 0) is 17.7 Å². The van der Waals surface area contributed by atoms with Crippen LogP contribution in [0.1, 0.15) is 11.7 Å². The van der Waals surface area contributed by atoms with Crippen LogP contribution in [0.15, 0.2) is 42.5 Å². The maximum atomic E-state index is 13.3. The SMILES string of the molecule is O=S([O-])NC(c1[nH]nc2cc(Cl)c(-c3ccccc3)cc12)C(F)(F)F. The maximum absolute atomic E-state index is 13.3. The van der Waals surface area contributed by atoms with Crippen LogP contribution in [0, 0.1) is 0 Å². The van der Waals surface area contributed by atoms with Gasteiger partial charge in [0.25, 0.3) is 0 Å². The number of nitrogens with zero attached hydrogens (tertiary/aromatic N) is 1. The van der Waals surface area contributed by atoms with Crippen LogP contribution in [0.25, 0.3) is 22.0 Å². The second kappa shape index (κ2) is 6.75. The average molecular weight is 389 g/mol. The Hall–Kier alpha value is -1.94. The number of hydrogen-bond acceptors (Lipinski definition) is 3. The molecule has 0 spiro atoms. The van der Waals surface area contributed by atoms with Crippen molar-refractivity contribution in [1.82, 2.24) is 14.9 Å². The molecule has 0 aliphatic rings. The van der Waals surface area contributed by atoms with Crippen molar-refractivity contribution in [3.8, 4) is 11.1 Å². The molecule has 2 unspecified atom stereocenters. The highest BCUT2D eigenvalue weighted by atomic mass is 35.5. The minimum absolute atomic E-state index is 0.128. The monoisotopic (exact) mass is 388 g/mol. The number of alkyl halides is 3. The van der Waals surface area contributed by atoms with E-state index < -0.39 is 29.2 Å². The predicted octanol–water partition coefficient (Wildman–Crippen LogP) is 3.87. The Kier molecular flexibility index (Phi) is 4.83. The zero-order chi connectivity index (χ0) is 18.2. The number of halogens is 4. The largest absolute Gasteiger partial charge is 0.760 e. The van der Waals surface area contributed by atoms with Crippen LogP contribution in [-0.2, 0) is 11.3 Å². The Morgan fingerprint density at radius 1 is 1.24 bits per heavy atom. The van der Waals surface area contributed by atoms with E-state index in [1.807, 2.05) is 0 Å². The van der Waals surface area contributed by atoms with E-state index in [1.54, 1.807) is 30.3 Å². The fourth-order valence-corrected chi connectivity index (χ4v) is 3.21. The third kappa shape index (κ3) is 3.69. The molecule has 1 aromatic heterocycles. The van der Waals surface area contributed by atoms with Crippen molar-refractivity contribution >= 4 is 33.8 Å². The molecule has 5 nitrogen and oxygen atoms in total. The molecule has 2 N–H and O–H groups in total. The van der Waals surface area contributed by atoms with Crippen molar-refractivity contribution in [2.75, 3.05) is 0 Å². The molecular formula is C15H10ClF3N3O2S-. The summed E-state index contributed by atoms with van der Waals surface area (Å²) in [6, 6.07) is 9.31. The predicted molar refractivity (Wildman–Crippen MR) is 87.4 cm³/mol. The molecule has 132 valence electrons. The molecule has 0 amide bonds. The summed E-state index contributed by atoms with van der Waals surface area (Å²) in [4.78, 5) is 0. The van der Waals surface area contributed by atoms with Gasteiger partial charge in [-0.15, -0.1) is 0 Å². The average Bonchev–Trinajstić information content (AvgIpc) is 2.93. The molecule has 0 fully saturated rings. The minimum Gasteiger partial charge on any atom is -0.760 e. The standard InChI is InChI=1S/C15H11ClF3N3O2S/c16-11-7-12-10(6-9(11)8-4-2-1-3-5-8)13(21-20-12)14(15(17,18)19)22-25(23)24/h1-7,14,22H,(H,20,21)(H,23,24)/p-1. The first-order valence-electron chi connectivity index (χ1n) is 6.92. The van der Waals surface area contributed by atoms with Gasteiger partial charge in [-0.3, -0.25) is 9.31 Å². The second-order valence-electron chi connectivity index (χ2n) is 5.18. The number of hydrogen-bond donors (Lipinski definition) is 2. The van der Waals surface area contributed by atoms with E-state index >= 15 is 0 Å². The number of aromatic nitrogens is 2. The molecule has 3 rings (SSSR count). The highest BCUT2D eigenvalue weighted by molar-refractivity contribution is 7.77. The Labute approximate surface area is 147 Å². The summed E-state index contributed by atoms with van der Waals surface area (Å²) in [5.74, 6) is 0. The summed E-state index contributed by atoms with van der Waals surface area (Å²) in [7, 11) is 0. The van der Waals surface area contributed by atoms with Gasteiger partial charge in [0.2, 0.25) is 0 Å². The smallest absolute Gasteiger partial charge is 0.410 e.